The van der Waals surface area contributed by atoms with Crippen LogP contribution in [0.3, 0.4) is 0 Å². The van der Waals surface area contributed by atoms with Crippen molar-refractivity contribution in [3.63, 3.8) is 0 Å². The van der Waals surface area contributed by atoms with E-state index >= 15 is 0 Å². The van der Waals surface area contributed by atoms with Gasteiger partial charge in [-0.05, 0) is 29.8 Å². The molecule has 0 aliphatic rings. The standard InChI is InChI=1S/C8H6Cl2O4S/c1-14-6-3-2-5(8(9)11)4-7(6)15(10,12)13/h2-4H,1H3. The molecule has 1 rings (SSSR count). The van der Waals surface area contributed by atoms with Crippen LogP contribution in [-0.2, 0) is 9.05 Å². The Morgan fingerprint density at radius 1 is 1.40 bits per heavy atom. The van der Waals surface area contributed by atoms with Gasteiger partial charge in [0.05, 0.1) is 7.11 Å². The first-order valence-electron chi connectivity index (χ1n) is 3.69. The van der Waals surface area contributed by atoms with Crippen LogP contribution in [-0.4, -0.2) is 20.8 Å². The highest BCUT2D eigenvalue weighted by Gasteiger charge is 2.18. The predicted molar refractivity (Wildman–Crippen MR) is 56.2 cm³/mol. The third kappa shape index (κ3) is 2.84. The predicted octanol–water partition coefficient (Wildman–Crippen LogP) is 2.00. The summed E-state index contributed by atoms with van der Waals surface area (Å²) in [5.74, 6) is 0.0617. The molecule has 82 valence electrons. The molecule has 0 fully saturated rings. The Labute approximate surface area is 96.2 Å². The molecule has 0 bridgehead atoms. The normalized spacial score (nSPS) is 11.1. The number of ether oxygens (including phenoxy) is 1. The van der Waals surface area contributed by atoms with Gasteiger partial charge in [-0.3, -0.25) is 4.79 Å². The van der Waals surface area contributed by atoms with Crippen LogP contribution >= 0.6 is 22.3 Å². The summed E-state index contributed by atoms with van der Waals surface area (Å²) < 4.78 is 27.0. The molecule has 0 aliphatic carbocycles. The zero-order valence-corrected chi connectivity index (χ0v) is 9.86. The summed E-state index contributed by atoms with van der Waals surface area (Å²) in [6.07, 6.45) is 0. The Morgan fingerprint density at radius 3 is 2.40 bits per heavy atom. The highest BCUT2D eigenvalue weighted by Crippen LogP contribution is 2.28. The summed E-state index contributed by atoms with van der Waals surface area (Å²) in [6.45, 7) is 0. The molecule has 0 radical (unpaired) electrons. The molecule has 0 saturated heterocycles. The van der Waals surface area contributed by atoms with Crippen molar-refractivity contribution in [3.05, 3.63) is 23.8 Å². The van der Waals surface area contributed by atoms with Crippen molar-refractivity contribution < 1.29 is 17.9 Å². The Hall–Kier alpha value is -0.780. The van der Waals surface area contributed by atoms with Crippen LogP contribution < -0.4 is 4.74 Å². The van der Waals surface area contributed by atoms with Crippen molar-refractivity contribution in [2.24, 2.45) is 0 Å². The second kappa shape index (κ2) is 4.38. The average Bonchev–Trinajstić information content (AvgIpc) is 2.15. The van der Waals surface area contributed by atoms with Gasteiger partial charge >= 0.3 is 0 Å². The lowest BCUT2D eigenvalue weighted by Gasteiger charge is -2.05. The monoisotopic (exact) mass is 268 g/mol. The number of carbonyl (C=O) groups excluding carboxylic acids is 1. The maximum atomic E-state index is 11.1. The van der Waals surface area contributed by atoms with Gasteiger partial charge in [0, 0.05) is 16.2 Å². The van der Waals surface area contributed by atoms with Crippen molar-refractivity contribution in [1.29, 1.82) is 0 Å². The summed E-state index contributed by atoms with van der Waals surface area (Å²) in [7, 11) is 2.49. The van der Waals surface area contributed by atoms with E-state index in [-0.39, 0.29) is 16.2 Å². The molecule has 7 heteroatoms. The smallest absolute Gasteiger partial charge is 0.265 e. The van der Waals surface area contributed by atoms with Gasteiger partial charge in [0.15, 0.2) is 0 Å². The molecule has 15 heavy (non-hydrogen) atoms. The topological polar surface area (TPSA) is 60.4 Å². The Bertz CT molecular complexity index is 495. The Balaban J connectivity index is 3.46. The fourth-order valence-electron chi connectivity index (χ4n) is 0.990. The lowest BCUT2D eigenvalue weighted by atomic mass is 10.2. The summed E-state index contributed by atoms with van der Waals surface area (Å²) in [5, 5.41) is -0.765. The number of rotatable bonds is 3. The maximum Gasteiger partial charge on any atom is 0.265 e. The fourth-order valence-corrected chi connectivity index (χ4v) is 2.13. The third-order valence-electron chi connectivity index (χ3n) is 1.65. The first-order valence-corrected chi connectivity index (χ1v) is 6.37. The number of hydrogen-bond acceptors (Lipinski definition) is 4. The molecular weight excluding hydrogens is 263 g/mol. The summed E-state index contributed by atoms with van der Waals surface area (Å²) in [6, 6.07) is 3.72. The van der Waals surface area contributed by atoms with Crippen LogP contribution in [0.2, 0.25) is 0 Å². The van der Waals surface area contributed by atoms with Gasteiger partial charge in [-0.1, -0.05) is 0 Å². The number of benzene rings is 1. The molecule has 0 saturated carbocycles. The molecule has 4 nitrogen and oxygen atoms in total. The van der Waals surface area contributed by atoms with Gasteiger partial charge in [-0.25, -0.2) is 8.42 Å². The van der Waals surface area contributed by atoms with Gasteiger partial charge in [-0.15, -0.1) is 0 Å². The zero-order valence-electron chi connectivity index (χ0n) is 7.53. The molecule has 0 unspecified atom stereocenters. The first-order chi connectivity index (χ1) is 6.86. The van der Waals surface area contributed by atoms with E-state index in [4.69, 9.17) is 27.0 Å². The van der Waals surface area contributed by atoms with Crippen molar-refractivity contribution in [2.75, 3.05) is 7.11 Å². The van der Waals surface area contributed by atoms with Crippen LogP contribution in [0.1, 0.15) is 10.4 Å². The summed E-state index contributed by atoms with van der Waals surface area (Å²) in [5.41, 5.74) is 0.0386. The average molecular weight is 269 g/mol. The van der Waals surface area contributed by atoms with Crippen LogP contribution in [0.4, 0.5) is 0 Å². The zero-order chi connectivity index (χ0) is 11.6. The highest BCUT2D eigenvalue weighted by molar-refractivity contribution is 8.13. The largest absolute Gasteiger partial charge is 0.495 e. The fraction of sp³-hybridized carbons (Fsp3) is 0.125. The second-order valence-electron chi connectivity index (χ2n) is 2.58. The minimum Gasteiger partial charge on any atom is -0.495 e. The molecule has 0 amide bonds. The summed E-state index contributed by atoms with van der Waals surface area (Å²) >= 11 is 5.20. The third-order valence-corrected chi connectivity index (χ3v) is 3.21. The van der Waals surface area contributed by atoms with E-state index in [1.54, 1.807) is 0 Å². The van der Waals surface area contributed by atoms with Crippen LogP contribution in [0.15, 0.2) is 23.1 Å². The SMILES string of the molecule is COc1ccc(C(=O)Cl)cc1S(=O)(=O)Cl. The van der Waals surface area contributed by atoms with E-state index in [2.05, 4.69) is 0 Å². The van der Waals surface area contributed by atoms with Crippen molar-refractivity contribution in [1.82, 2.24) is 0 Å². The van der Waals surface area contributed by atoms with Crippen LogP contribution in [0, 0.1) is 0 Å². The number of methoxy groups -OCH3 is 1. The van der Waals surface area contributed by atoms with E-state index in [0.717, 1.165) is 6.07 Å². The second-order valence-corrected chi connectivity index (χ2v) is 5.45. The first kappa shape index (κ1) is 12.3. The molecule has 0 aromatic heterocycles. The highest BCUT2D eigenvalue weighted by atomic mass is 35.7. The Morgan fingerprint density at radius 2 is 2.00 bits per heavy atom. The molecule has 0 heterocycles. The molecule has 0 atom stereocenters. The van der Waals surface area contributed by atoms with E-state index < -0.39 is 14.3 Å². The van der Waals surface area contributed by atoms with Crippen molar-refractivity contribution in [3.8, 4) is 5.75 Å². The number of carbonyl (C=O) groups is 1. The molecule has 0 spiro atoms. The van der Waals surface area contributed by atoms with E-state index in [0.29, 0.717) is 0 Å². The molecule has 1 aromatic carbocycles. The van der Waals surface area contributed by atoms with Crippen LogP contribution in [0.25, 0.3) is 0 Å². The van der Waals surface area contributed by atoms with E-state index in [1.165, 1.54) is 19.2 Å². The lowest BCUT2D eigenvalue weighted by molar-refractivity contribution is 0.108. The molecule has 0 aliphatic heterocycles. The number of hydrogen-bond donors (Lipinski definition) is 0. The minimum absolute atomic E-state index is 0.0386. The molecular formula is C8H6Cl2O4S. The quantitative estimate of drug-likeness (QED) is 0.787. The van der Waals surface area contributed by atoms with Gasteiger partial charge in [0.1, 0.15) is 10.6 Å². The van der Waals surface area contributed by atoms with E-state index in [9.17, 15) is 13.2 Å². The maximum absolute atomic E-state index is 11.1. The lowest BCUT2D eigenvalue weighted by Crippen LogP contribution is -1.99. The molecule has 1 aromatic rings. The van der Waals surface area contributed by atoms with Crippen molar-refractivity contribution >= 4 is 36.6 Å². The number of halogens is 2. The molecule has 0 N–H and O–H groups in total. The van der Waals surface area contributed by atoms with E-state index in [1.807, 2.05) is 0 Å². The van der Waals surface area contributed by atoms with Gasteiger partial charge in [0.25, 0.3) is 14.3 Å². The van der Waals surface area contributed by atoms with Crippen molar-refractivity contribution in [2.45, 2.75) is 4.90 Å². The van der Waals surface area contributed by atoms with Crippen LogP contribution in [0.5, 0.6) is 5.75 Å². The van der Waals surface area contributed by atoms with Gasteiger partial charge in [0.2, 0.25) is 0 Å². The minimum atomic E-state index is -3.97. The Kier molecular flexibility index (Phi) is 3.59. The van der Waals surface area contributed by atoms with Gasteiger partial charge in [-0.2, -0.15) is 0 Å². The van der Waals surface area contributed by atoms with Gasteiger partial charge < -0.3 is 4.74 Å². The summed E-state index contributed by atoms with van der Waals surface area (Å²) in [4.78, 5) is 10.5.